The van der Waals surface area contributed by atoms with E-state index in [4.69, 9.17) is 0 Å². The van der Waals surface area contributed by atoms with E-state index in [9.17, 15) is 10.2 Å². The van der Waals surface area contributed by atoms with Gasteiger partial charge < -0.3 is 10.2 Å². The fraction of sp³-hybridized carbons (Fsp3) is 1.00. The summed E-state index contributed by atoms with van der Waals surface area (Å²) in [5.74, 6) is 0. The van der Waals surface area contributed by atoms with Crippen molar-refractivity contribution in [2.24, 2.45) is 0 Å². The molecule has 0 N–H and O–H groups in total. The fourth-order valence-corrected chi connectivity index (χ4v) is 0.204. The van der Waals surface area contributed by atoms with E-state index in [0.717, 1.165) is 0 Å². The van der Waals surface area contributed by atoms with Crippen LogP contribution in [0.5, 0.6) is 0 Å². The van der Waals surface area contributed by atoms with Gasteiger partial charge in [-0.15, -0.1) is 13.2 Å². The predicted molar refractivity (Wildman–Crippen MR) is 65.9 cm³/mol. The monoisotopic (exact) mass is 324 g/mol. The quantitative estimate of drug-likeness (QED) is 0.571. The largest absolute Gasteiger partial charge is 2.00 e. The van der Waals surface area contributed by atoms with E-state index in [0.29, 0.717) is 12.8 Å². The summed E-state index contributed by atoms with van der Waals surface area (Å²) in [5, 5.41) is 19.1. The average Bonchev–Trinajstić information content (AvgIpc) is 2.27. The molecule has 0 fully saturated rings. The number of hydrogen-bond acceptors (Lipinski definition) is 2. The minimum Gasteiger partial charge on any atom is -0.854 e. The van der Waals surface area contributed by atoms with Gasteiger partial charge in [0.05, 0.1) is 0 Å². The molecule has 2 nitrogen and oxygen atoms in total. The third-order valence-electron chi connectivity index (χ3n) is 1.54. The first-order valence-electron chi connectivity index (χ1n) is 5.91. The Morgan fingerprint density at radius 1 is 0.600 bits per heavy atom. The van der Waals surface area contributed by atoms with Gasteiger partial charge in [-0.1, -0.05) is 66.2 Å². The summed E-state index contributed by atoms with van der Waals surface area (Å²) in [7, 11) is 0. The van der Waals surface area contributed by atoms with Crippen LogP contribution in [-0.2, 0) is 0 Å². The van der Waals surface area contributed by atoms with Crippen LogP contribution >= 0.6 is 0 Å². The molecule has 0 saturated heterocycles. The molecule has 0 bridgehead atoms. The van der Waals surface area contributed by atoms with E-state index in [1.54, 1.807) is 0 Å². The van der Waals surface area contributed by atoms with Crippen molar-refractivity contribution < 1.29 is 10.2 Å². The molecule has 0 aromatic carbocycles. The first-order chi connectivity index (χ1) is 6.74. The molecule has 0 spiro atoms. The number of rotatable bonds is 5. The van der Waals surface area contributed by atoms with Crippen molar-refractivity contribution in [1.82, 2.24) is 0 Å². The molecule has 0 aromatic rings. The Balaban J connectivity index is -0.0000000606. The van der Waals surface area contributed by atoms with Crippen LogP contribution < -0.4 is 10.2 Å². The molecule has 2 radical (unpaired) electrons. The first-order valence-corrected chi connectivity index (χ1v) is 5.91. The molecular formula is C12H28O2Sn. The van der Waals surface area contributed by atoms with Crippen molar-refractivity contribution in [1.29, 1.82) is 0 Å². The van der Waals surface area contributed by atoms with E-state index < -0.39 is 0 Å². The van der Waals surface area contributed by atoms with E-state index in [-0.39, 0.29) is 37.1 Å². The minimum atomic E-state index is -0.0950. The third-order valence-corrected chi connectivity index (χ3v) is 1.54. The molecule has 0 heterocycles. The van der Waals surface area contributed by atoms with Crippen molar-refractivity contribution >= 4 is 23.9 Å². The van der Waals surface area contributed by atoms with Crippen molar-refractivity contribution in [2.45, 2.75) is 66.2 Å². The zero-order chi connectivity index (χ0) is 11.7. The van der Waals surface area contributed by atoms with Crippen LogP contribution in [-0.4, -0.2) is 37.1 Å². The summed E-state index contributed by atoms with van der Waals surface area (Å²) < 4.78 is 0. The van der Waals surface area contributed by atoms with Crippen LogP contribution in [0.4, 0.5) is 0 Å². The molecule has 0 amide bonds. The molecule has 0 saturated carbocycles. The minimum absolute atomic E-state index is 0. The molecule has 0 rings (SSSR count). The summed E-state index contributed by atoms with van der Waals surface area (Å²) in [4.78, 5) is 0. The Hall–Kier alpha value is 0.719. The Bertz CT molecular complexity index is 49.6. The van der Waals surface area contributed by atoms with Gasteiger partial charge >= 0.3 is 23.9 Å². The van der Waals surface area contributed by atoms with E-state index in [1.807, 2.05) is 0 Å². The molecule has 0 aliphatic heterocycles. The summed E-state index contributed by atoms with van der Waals surface area (Å²) in [6.07, 6.45) is 6.37. The van der Waals surface area contributed by atoms with Crippen molar-refractivity contribution in [3.8, 4) is 0 Å². The molecule has 0 unspecified atom stereocenters. The predicted octanol–water partition coefficient (Wildman–Crippen LogP) is 1.72. The fourth-order valence-electron chi connectivity index (χ4n) is 0.204. The Kier molecular flexibility index (Phi) is 60.2. The van der Waals surface area contributed by atoms with Gasteiger partial charge in [-0.25, -0.2) is 0 Å². The molecule has 92 valence electrons. The normalized spacial score (nSPS) is 7.60. The second-order valence-electron chi connectivity index (χ2n) is 3.12. The van der Waals surface area contributed by atoms with Crippen molar-refractivity contribution in [3.63, 3.8) is 0 Å². The van der Waals surface area contributed by atoms with Crippen molar-refractivity contribution in [3.05, 3.63) is 0 Å². The maximum absolute atomic E-state index is 9.55. The van der Waals surface area contributed by atoms with Crippen LogP contribution in [0, 0.1) is 0 Å². The topological polar surface area (TPSA) is 46.1 Å². The molecule has 3 heteroatoms. The summed E-state index contributed by atoms with van der Waals surface area (Å²) in [5.41, 5.74) is 0. The molecule has 0 aliphatic rings. The number of unbranched alkanes of at least 4 members (excludes halogenated alkanes) is 3. The van der Waals surface area contributed by atoms with Gasteiger partial charge in [-0.3, -0.25) is 0 Å². The van der Waals surface area contributed by atoms with Gasteiger partial charge in [0, 0.05) is 0 Å². The Labute approximate surface area is 113 Å². The van der Waals surface area contributed by atoms with Gasteiger partial charge in [0.1, 0.15) is 0 Å². The van der Waals surface area contributed by atoms with Crippen molar-refractivity contribution in [2.75, 3.05) is 13.2 Å². The van der Waals surface area contributed by atoms with Crippen LogP contribution in [0.1, 0.15) is 66.2 Å². The third kappa shape index (κ3) is 72.8. The Morgan fingerprint density at radius 2 is 0.800 bits per heavy atom. The summed E-state index contributed by atoms with van der Waals surface area (Å²) in [6.45, 7) is 8.53. The van der Waals surface area contributed by atoms with Gasteiger partial charge in [0.2, 0.25) is 0 Å². The second kappa shape index (κ2) is 36.4. The molecule has 0 atom stereocenters. The van der Waals surface area contributed by atoms with E-state index in [1.165, 1.54) is 25.7 Å². The average molecular weight is 323 g/mol. The molecular weight excluding hydrogens is 295 g/mol. The van der Waals surface area contributed by atoms with E-state index >= 15 is 0 Å². The van der Waals surface area contributed by atoms with Gasteiger partial charge in [0.15, 0.2) is 0 Å². The SMILES string of the molecule is CCCC.CCCC.[O-]CCCC[O-].[Sn+2]. The van der Waals surface area contributed by atoms with E-state index in [2.05, 4.69) is 27.7 Å². The van der Waals surface area contributed by atoms with Crippen LogP contribution in [0.3, 0.4) is 0 Å². The molecule has 0 aromatic heterocycles. The maximum atomic E-state index is 9.55. The standard InChI is InChI=1S/C4H8O2.2C4H10.Sn/c5-3-1-2-4-6;2*1-3-4-2;/h1-4H2;2*3-4H2,1-2H3;/q-2;;;+2. The van der Waals surface area contributed by atoms with Gasteiger partial charge in [-0.2, -0.15) is 0 Å². The smallest absolute Gasteiger partial charge is 0.854 e. The maximum Gasteiger partial charge on any atom is 2.00 e. The number of hydrogen-bond donors (Lipinski definition) is 0. The van der Waals surface area contributed by atoms with Crippen LogP contribution in [0.15, 0.2) is 0 Å². The van der Waals surface area contributed by atoms with Crippen LogP contribution in [0.25, 0.3) is 0 Å². The van der Waals surface area contributed by atoms with Gasteiger partial charge in [-0.05, 0) is 0 Å². The zero-order valence-electron chi connectivity index (χ0n) is 11.0. The first kappa shape index (κ1) is 24.8. The Morgan fingerprint density at radius 3 is 0.867 bits per heavy atom. The zero-order valence-corrected chi connectivity index (χ0v) is 13.8. The summed E-state index contributed by atoms with van der Waals surface area (Å²) in [6, 6.07) is 0. The molecule has 0 aliphatic carbocycles. The van der Waals surface area contributed by atoms with Crippen LogP contribution in [0.2, 0.25) is 0 Å². The second-order valence-corrected chi connectivity index (χ2v) is 3.12. The van der Waals surface area contributed by atoms with Gasteiger partial charge in [0.25, 0.3) is 0 Å². The molecule has 15 heavy (non-hydrogen) atoms. The summed E-state index contributed by atoms with van der Waals surface area (Å²) >= 11 is 0.